The van der Waals surface area contributed by atoms with Crippen molar-refractivity contribution in [3.05, 3.63) is 53.7 Å². The average Bonchev–Trinajstić information content (AvgIpc) is 3.03. The van der Waals surface area contributed by atoms with Crippen molar-refractivity contribution in [3.63, 3.8) is 0 Å². The number of hydrogen-bond acceptors (Lipinski definition) is 4. The molecule has 1 N–H and O–H groups in total. The van der Waals surface area contributed by atoms with Crippen molar-refractivity contribution < 1.29 is 26.8 Å². The average molecular weight is 335 g/mol. The minimum Gasteiger partial charge on any atom is -0.493 e. The molecule has 4 nitrogen and oxygen atoms in total. The molecule has 0 radical (unpaired) electrons. The van der Waals surface area contributed by atoms with Gasteiger partial charge in [-0.3, -0.25) is 0 Å². The van der Waals surface area contributed by atoms with Crippen LogP contribution in [0.1, 0.15) is 26.1 Å². The molecule has 0 aliphatic carbocycles. The molecule has 2 aliphatic heterocycles. The minimum absolute atomic E-state index is 0.173. The number of benzene rings is 2. The molecule has 0 saturated carbocycles. The summed E-state index contributed by atoms with van der Waals surface area (Å²) in [6.07, 6.45) is 0.567. The van der Waals surface area contributed by atoms with Crippen LogP contribution in [0.3, 0.4) is 0 Å². The first-order chi connectivity index (χ1) is 14.2. The maximum absolute atomic E-state index is 13.9. The Morgan fingerprint density at radius 1 is 1.25 bits per heavy atom. The predicted octanol–water partition coefficient (Wildman–Crippen LogP) is 3.33. The van der Waals surface area contributed by atoms with Crippen molar-refractivity contribution in [2.45, 2.75) is 12.3 Å². The Morgan fingerprint density at radius 3 is 2.96 bits per heavy atom. The monoisotopic (exact) mass is 335 g/mol. The fourth-order valence-electron chi connectivity index (χ4n) is 3.03. The molecule has 4 rings (SSSR count). The Bertz CT molecular complexity index is 960. The van der Waals surface area contributed by atoms with Crippen LogP contribution >= 0.6 is 0 Å². The van der Waals surface area contributed by atoms with Gasteiger partial charge in [0, 0.05) is 18.5 Å². The van der Waals surface area contributed by atoms with Crippen molar-refractivity contribution in [2.24, 2.45) is 5.92 Å². The van der Waals surface area contributed by atoms with Gasteiger partial charge in [0.15, 0.2) is 11.5 Å². The lowest BCUT2D eigenvalue weighted by Crippen LogP contribution is -2.38. The number of ether oxygens (including phenoxy) is 3. The molecule has 2 heterocycles. The molecule has 1 saturated heterocycles. The maximum atomic E-state index is 13.9. The second-order valence-electron chi connectivity index (χ2n) is 5.79. The molecule has 2 aromatic carbocycles. The van der Waals surface area contributed by atoms with Crippen LogP contribution in [0, 0.1) is 11.7 Å². The van der Waals surface area contributed by atoms with Crippen LogP contribution in [0.4, 0.5) is 4.39 Å². The summed E-state index contributed by atoms with van der Waals surface area (Å²) in [4.78, 5) is 0. The zero-order valence-electron chi connectivity index (χ0n) is 18.8. The molecular weight excluding hydrogens is 309 g/mol. The van der Waals surface area contributed by atoms with Gasteiger partial charge in [-0.15, -0.1) is 0 Å². The molecule has 2 aliphatic rings. The molecule has 0 spiro atoms. The van der Waals surface area contributed by atoms with E-state index >= 15 is 0 Å². The SMILES string of the molecule is [2H]c1c([2H])c(C2CCNC[C@H]2COc2ccc3c(c2)OC([2H])([2H])O3)c([2H])c([2H])c1F. The summed E-state index contributed by atoms with van der Waals surface area (Å²) in [6.45, 7) is -0.841. The zero-order valence-corrected chi connectivity index (χ0v) is 12.8. The Morgan fingerprint density at radius 2 is 2.08 bits per heavy atom. The van der Waals surface area contributed by atoms with Gasteiger partial charge in [0.2, 0.25) is 6.75 Å². The first-order valence-corrected chi connectivity index (χ1v) is 7.79. The molecular formula is C19H20FNO3. The van der Waals surface area contributed by atoms with E-state index in [0.29, 0.717) is 25.3 Å². The summed E-state index contributed by atoms with van der Waals surface area (Å²) in [7, 11) is 0. The molecule has 0 aromatic heterocycles. The topological polar surface area (TPSA) is 39.7 Å². The Balaban J connectivity index is 1.55. The van der Waals surface area contributed by atoms with Crippen molar-refractivity contribution in [3.8, 4) is 17.2 Å². The third-order valence-corrected chi connectivity index (χ3v) is 4.27. The number of rotatable bonds is 4. The predicted molar refractivity (Wildman–Crippen MR) is 88.2 cm³/mol. The molecule has 24 heavy (non-hydrogen) atoms. The fourth-order valence-corrected chi connectivity index (χ4v) is 3.03. The number of piperidine rings is 1. The number of hydrogen-bond donors (Lipinski definition) is 1. The molecule has 1 fully saturated rings. The van der Waals surface area contributed by atoms with Gasteiger partial charge in [0.05, 0.1) is 12.1 Å². The molecule has 0 bridgehead atoms. The summed E-state index contributed by atoms with van der Waals surface area (Å²) in [5, 5.41) is 3.24. The van der Waals surface area contributed by atoms with Gasteiger partial charge in [-0.25, -0.2) is 4.39 Å². The van der Waals surface area contributed by atoms with Gasteiger partial charge in [0.1, 0.15) is 14.3 Å². The van der Waals surface area contributed by atoms with Gasteiger partial charge in [-0.2, -0.15) is 0 Å². The highest BCUT2D eigenvalue weighted by Crippen LogP contribution is 2.36. The normalized spacial score (nSPS) is 28.0. The molecule has 5 heteroatoms. The highest BCUT2D eigenvalue weighted by molar-refractivity contribution is 5.46. The third-order valence-electron chi connectivity index (χ3n) is 4.27. The van der Waals surface area contributed by atoms with Gasteiger partial charge in [0.25, 0.3) is 0 Å². The maximum Gasteiger partial charge on any atom is 0.231 e. The molecule has 2 aromatic rings. The Hall–Kier alpha value is -2.27. The van der Waals surface area contributed by atoms with Crippen molar-refractivity contribution in [1.82, 2.24) is 5.32 Å². The van der Waals surface area contributed by atoms with Crippen LogP contribution in [0.5, 0.6) is 17.2 Å². The second kappa shape index (κ2) is 6.69. The Labute approximate surface area is 149 Å². The lowest BCUT2D eigenvalue weighted by molar-refractivity contribution is 0.173. The minimum atomic E-state index is -2.22. The van der Waals surface area contributed by atoms with Crippen LogP contribution in [0.25, 0.3) is 0 Å². The smallest absolute Gasteiger partial charge is 0.231 e. The van der Waals surface area contributed by atoms with E-state index in [1.54, 1.807) is 12.1 Å². The van der Waals surface area contributed by atoms with Gasteiger partial charge < -0.3 is 19.5 Å². The summed E-state index contributed by atoms with van der Waals surface area (Å²) in [5.41, 5.74) is 0.209. The van der Waals surface area contributed by atoms with E-state index in [9.17, 15) is 4.39 Å². The molecule has 1 unspecified atom stereocenters. The van der Waals surface area contributed by atoms with Crippen LogP contribution in [-0.2, 0) is 0 Å². The molecule has 0 amide bonds. The third kappa shape index (κ3) is 3.17. The first-order valence-electron chi connectivity index (χ1n) is 10.8. The highest BCUT2D eigenvalue weighted by Gasteiger charge is 2.27. The quantitative estimate of drug-likeness (QED) is 0.930. The molecule has 2 atom stereocenters. The summed E-state index contributed by atoms with van der Waals surface area (Å²) >= 11 is 0. The van der Waals surface area contributed by atoms with E-state index in [2.05, 4.69) is 5.32 Å². The van der Waals surface area contributed by atoms with Crippen LogP contribution in [0.15, 0.2) is 42.4 Å². The zero-order chi connectivity index (χ0) is 21.6. The van der Waals surface area contributed by atoms with E-state index in [1.165, 1.54) is 6.07 Å². The standard InChI is InChI=1S/C19H20FNO3/c20-15-3-1-13(2-4-15)17-7-8-21-10-14(17)11-22-16-5-6-18-19(9-16)24-12-23-18/h1-6,9,14,17,21H,7-8,10-12H2/t14-,17?/m0/s1/i1D,2D,3D,4D,12D2. The van der Waals surface area contributed by atoms with E-state index in [1.807, 2.05) is 0 Å². The lowest BCUT2D eigenvalue weighted by atomic mass is 9.81. The summed E-state index contributed by atoms with van der Waals surface area (Å²) < 4.78 is 76.8. The number of nitrogens with one attached hydrogen (secondary N) is 1. The van der Waals surface area contributed by atoms with Crippen LogP contribution in [-0.4, -0.2) is 26.4 Å². The number of fused-ring (bicyclic) bond motifs is 1. The van der Waals surface area contributed by atoms with Crippen LogP contribution < -0.4 is 19.5 Å². The fraction of sp³-hybridized carbons (Fsp3) is 0.368. The van der Waals surface area contributed by atoms with Gasteiger partial charge in [-0.05, 0) is 48.7 Å². The van der Waals surface area contributed by atoms with Crippen molar-refractivity contribution >= 4 is 0 Å². The van der Waals surface area contributed by atoms with Crippen molar-refractivity contribution in [1.29, 1.82) is 0 Å². The summed E-state index contributed by atoms with van der Waals surface area (Å²) in [6, 6.07) is 2.69. The second-order valence-corrected chi connectivity index (χ2v) is 5.79. The largest absolute Gasteiger partial charge is 0.493 e. The summed E-state index contributed by atoms with van der Waals surface area (Å²) in [5.74, 6) is -0.696. The van der Waals surface area contributed by atoms with Crippen molar-refractivity contribution in [2.75, 3.05) is 26.4 Å². The van der Waals surface area contributed by atoms with Crippen LogP contribution in [0.2, 0.25) is 0 Å². The van der Waals surface area contributed by atoms with E-state index < -0.39 is 24.6 Å². The number of halogens is 1. The van der Waals surface area contributed by atoms with E-state index in [4.69, 9.17) is 22.4 Å². The van der Waals surface area contributed by atoms with E-state index in [0.717, 1.165) is 0 Å². The van der Waals surface area contributed by atoms with E-state index in [-0.39, 0.29) is 47.6 Å². The molecule has 126 valence electrons. The van der Waals surface area contributed by atoms with Gasteiger partial charge in [-0.1, -0.05) is 12.1 Å². The Kier molecular flexibility index (Phi) is 2.76. The first kappa shape index (κ1) is 9.89. The lowest BCUT2D eigenvalue weighted by Gasteiger charge is -2.32. The van der Waals surface area contributed by atoms with Gasteiger partial charge >= 0.3 is 0 Å². The highest BCUT2D eigenvalue weighted by atomic mass is 19.1.